The minimum atomic E-state index is -0.413. The molecule has 0 aliphatic carbocycles. The maximum atomic E-state index is 11.0. The maximum absolute atomic E-state index is 11.0. The third kappa shape index (κ3) is 2.03. The standard InChI is InChI=1S/C12H16N4O2/c13-9(17)5-10-15-11(7-1-3-14-6-7)8-2-4-18-12(8)16-10/h7,14H,1-6H2,(H2,13,17). The number of amides is 1. The van der Waals surface area contributed by atoms with Crippen molar-refractivity contribution in [1.82, 2.24) is 15.3 Å². The second kappa shape index (κ2) is 4.53. The molecule has 1 atom stereocenters. The van der Waals surface area contributed by atoms with E-state index in [2.05, 4.69) is 15.3 Å². The third-order valence-corrected chi connectivity index (χ3v) is 3.42. The zero-order valence-electron chi connectivity index (χ0n) is 10.1. The molecule has 96 valence electrons. The Morgan fingerprint density at radius 3 is 3.11 bits per heavy atom. The van der Waals surface area contributed by atoms with Crippen molar-refractivity contribution in [3.8, 4) is 5.88 Å². The lowest BCUT2D eigenvalue weighted by Gasteiger charge is -2.13. The Morgan fingerprint density at radius 1 is 1.50 bits per heavy atom. The molecule has 1 aromatic rings. The molecule has 6 heteroatoms. The van der Waals surface area contributed by atoms with Crippen LogP contribution in [0.15, 0.2) is 0 Å². The number of nitrogens with one attached hydrogen (secondary N) is 1. The fourth-order valence-corrected chi connectivity index (χ4v) is 2.59. The molecule has 0 radical (unpaired) electrons. The molecule has 3 N–H and O–H groups in total. The van der Waals surface area contributed by atoms with Crippen molar-refractivity contribution in [2.45, 2.75) is 25.2 Å². The first-order valence-electron chi connectivity index (χ1n) is 6.25. The van der Waals surface area contributed by atoms with Crippen molar-refractivity contribution >= 4 is 5.91 Å². The number of rotatable bonds is 3. The van der Waals surface area contributed by atoms with Crippen LogP contribution in [0, 0.1) is 0 Å². The molecule has 6 nitrogen and oxygen atoms in total. The number of carbonyl (C=O) groups is 1. The molecule has 3 heterocycles. The molecule has 0 aromatic carbocycles. The van der Waals surface area contributed by atoms with Crippen LogP contribution in [0.4, 0.5) is 0 Å². The van der Waals surface area contributed by atoms with Gasteiger partial charge in [-0.3, -0.25) is 4.79 Å². The summed E-state index contributed by atoms with van der Waals surface area (Å²) >= 11 is 0. The van der Waals surface area contributed by atoms with Gasteiger partial charge in [-0.1, -0.05) is 0 Å². The topological polar surface area (TPSA) is 90.1 Å². The van der Waals surface area contributed by atoms with E-state index in [-0.39, 0.29) is 6.42 Å². The Hall–Kier alpha value is -1.69. The van der Waals surface area contributed by atoms with Gasteiger partial charge in [-0.15, -0.1) is 0 Å². The molecule has 0 saturated carbocycles. The van der Waals surface area contributed by atoms with E-state index in [1.165, 1.54) is 0 Å². The molecule has 1 aromatic heterocycles. The van der Waals surface area contributed by atoms with Gasteiger partial charge in [0.2, 0.25) is 11.8 Å². The summed E-state index contributed by atoms with van der Waals surface area (Å²) in [6.45, 7) is 2.59. The lowest BCUT2D eigenvalue weighted by molar-refractivity contribution is -0.117. The van der Waals surface area contributed by atoms with Gasteiger partial charge in [0.1, 0.15) is 5.82 Å². The average molecular weight is 248 g/mol. The summed E-state index contributed by atoms with van der Waals surface area (Å²) in [7, 11) is 0. The van der Waals surface area contributed by atoms with Crippen LogP contribution < -0.4 is 15.8 Å². The number of primary amides is 1. The fraction of sp³-hybridized carbons (Fsp3) is 0.583. The van der Waals surface area contributed by atoms with E-state index in [0.717, 1.165) is 37.2 Å². The number of nitrogens with two attached hydrogens (primary N) is 1. The SMILES string of the molecule is NC(=O)Cc1nc2c(c(C3CCNC3)n1)CCO2. The van der Waals surface area contributed by atoms with E-state index in [9.17, 15) is 4.79 Å². The lowest BCUT2D eigenvalue weighted by Crippen LogP contribution is -2.18. The van der Waals surface area contributed by atoms with Gasteiger partial charge >= 0.3 is 0 Å². The van der Waals surface area contributed by atoms with E-state index >= 15 is 0 Å². The molecule has 1 unspecified atom stereocenters. The molecule has 3 rings (SSSR count). The Bertz CT molecular complexity index is 483. The van der Waals surface area contributed by atoms with E-state index in [0.29, 0.717) is 24.2 Å². The quantitative estimate of drug-likeness (QED) is 0.753. The van der Waals surface area contributed by atoms with Crippen molar-refractivity contribution in [2.24, 2.45) is 5.73 Å². The number of hydrogen-bond acceptors (Lipinski definition) is 5. The first kappa shape index (κ1) is 11.4. The minimum Gasteiger partial charge on any atom is -0.477 e. The number of ether oxygens (including phenoxy) is 1. The summed E-state index contributed by atoms with van der Waals surface area (Å²) in [5.41, 5.74) is 7.35. The number of nitrogens with zero attached hydrogens (tertiary/aromatic N) is 2. The predicted molar refractivity (Wildman–Crippen MR) is 64.4 cm³/mol. The van der Waals surface area contributed by atoms with Gasteiger partial charge in [0, 0.05) is 24.4 Å². The van der Waals surface area contributed by atoms with Gasteiger partial charge in [0.05, 0.1) is 18.7 Å². The molecular formula is C12H16N4O2. The zero-order chi connectivity index (χ0) is 12.5. The summed E-state index contributed by atoms with van der Waals surface area (Å²) in [5.74, 6) is 1.10. The van der Waals surface area contributed by atoms with Gasteiger partial charge in [-0.25, -0.2) is 4.98 Å². The smallest absolute Gasteiger partial charge is 0.225 e. The normalized spacial score (nSPS) is 21.7. The zero-order valence-corrected chi connectivity index (χ0v) is 10.1. The number of hydrogen-bond donors (Lipinski definition) is 2. The Balaban J connectivity index is 1.99. The number of fused-ring (bicyclic) bond motifs is 1. The van der Waals surface area contributed by atoms with Gasteiger partial charge in [-0.05, 0) is 13.0 Å². The Labute approximate surface area is 105 Å². The van der Waals surface area contributed by atoms with Crippen LogP contribution >= 0.6 is 0 Å². The molecule has 18 heavy (non-hydrogen) atoms. The van der Waals surface area contributed by atoms with Crippen LogP contribution in [-0.4, -0.2) is 35.6 Å². The highest BCUT2D eigenvalue weighted by atomic mass is 16.5. The van der Waals surface area contributed by atoms with E-state index in [1.807, 2.05) is 0 Å². The van der Waals surface area contributed by atoms with E-state index in [1.54, 1.807) is 0 Å². The van der Waals surface area contributed by atoms with Crippen molar-refractivity contribution in [3.63, 3.8) is 0 Å². The first-order chi connectivity index (χ1) is 8.74. The number of carbonyl (C=O) groups excluding carboxylic acids is 1. The van der Waals surface area contributed by atoms with Crippen LogP contribution in [0.2, 0.25) is 0 Å². The molecule has 1 amide bonds. The Morgan fingerprint density at radius 2 is 2.39 bits per heavy atom. The van der Waals surface area contributed by atoms with Gasteiger partial charge in [0.15, 0.2) is 0 Å². The summed E-state index contributed by atoms with van der Waals surface area (Å²) in [6.07, 6.45) is 2.00. The van der Waals surface area contributed by atoms with Crippen molar-refractivity contribution in [2.75, 3.05) is 19.7 Å². The third-order valence-electron chi connectivity index (χ3n) is 3.42. The Kier molecular flexibility index (Phi) is 2.87. The fourth-order valence-electron chi connectivity index (χ4n) is 2.59. The molecule has 0 spiro atoms. The van der Waals surface area contributed by atoms with E-state index < -0.39 is 5.91 Å². The maximum Gasteiger partial charge on any atom is 0.225 e. The van der Waals surface area contributed by atoms with Gasteiger partial charge in [-0.2, -0.15) is 4.98 Å². The van der Waals surface area contributed by atoms with Crippen LogP contribution in [0.25, 0.3) is 0 Å². The highest BCUT2D eigenvalue weighted by Gasteiger charge is 2.27. The number of aromatic nitrogens is 2. The van der Waals surface area contributed by atoms with Crippen molar-refractivity contribution in [3.05, 3.63) is 17.1 Å². The summed E-state index contributed by atoms with van der Waals surface area (Å²) in [6, 6.07) is 0. The molecule has 1 saturated heterocycles. The van der Waals surface area contributed by atoms with Gasteiger partial charge < -0.3 is 15.8 Å². The van der Waals surface area contributed by atoms with Crippen LogP contribution in [0.3, 0.4) is 0 Å². The monoisotopic (exact) mass is 248 g/mol. The molecule has 2 aliphatic rings. The van der Waals surface area contributed by atoms with Crippen LogP contribution in [0.5, 0.6) is 5.88 Å². The highest BCUT2D eigenvalue weighted by molar-refractivity contribution is 5.75. The largest absolute Gasteiger partial charge is 0.477 e. The predicted octanol–water partition coefficient (Wildman–Crippen LogP) is -0.484. The molecular weight excluding hydrogens is 232 g/mol. The summed E-state index contributed by atoms with van der Waals surface area (Å²) < 4.78 is 5.50. The summed E-state index contributed by atoms with van der Waals surface area (Å²) in [5, 5.41) is 3.33. The lowest BCUT2D eigenvalue weighted by atomic mass is 9.99. The second-order valence-electron chi connectivity index (χ2n) is 4.74. The van der Waals surface area contributed by atoms with Crippen molar-refractivity contribution < 1.29 is 9.53 Å². The highest BCUT2D eigenvalue weighted by Crippen LogP contribution is 2.32. The first-order valence-corrected chi connectivity index (χ1v) is 6.25. The second-order valence-corrected chi connectivity index (χ2v) is 4.74. The van der Waals surface area contributed by atoms with E-state index in [4.69, 9.17) is 10.5 Å². The average Bonchev–Trinajstić information content (AvgIpc) is 2.97. The molecule has 0 bridgehead atoms. The van der Waals surface area contributed by atoms with Crippen LogP contribution in [0.1, 0.15) is 29.4 Å². The van der Waals surface area contributed by atoms with Crippen LogP contribution in [-0.2, 0) is 17.6 Å². The minimum absolute atomic E-state index is 0.0732. The van der Waals surface area contributed by atoms with Gasteiger partial charge in [0.25, 0.3) is 0 Å². The van der Waals surface area contributed by atoms with Crippen molar-refractivity contribution in [1.29, 1.82) is 0 Å². The molecule has 2 aliphatic heterocycles. The molecule has 1 fully saturated rings. The summed E-state index contributed by atoms with van der Waals surface area (Å²) in [4.78, 5) is 19.8.